The molecule has 0 aliphatic carbocycles. The van der Waals surface area contributed by atoms with E-state index in [9.17, 15) is 5.11 Å². The monoisotopic (exact) mass is 275 g/mol. The lowest BCUT2D eigenvalue weighted by atomic mass is 9.86. The van der Waals surface area contributed by atoms with Crippen LogP contribution in [0.5, 0.6) is 5.75 Å². The number of ether oxygens (including phenoxy) is 1. The van der Waals surface area contributed by atoms with Crippen LogP contribution in [0.15, 0.2) is 18.2 Å². The Morgan fingerprint density at radius 1 is 1.25 bits per heavy atom. The molecule has 1 aromatic rings. The number of likely N-dealkylation sites (tertiary alicyclic amines) is 1. The Morgan fingerprint density at radius 2 is 2.10 bits per heavy atom. The Morgan fingerprint density at radius 3 is 2.90 bits per heavy atom. The molecule has 3 rings (SSSR count). The third-order valence-electron chi connectivity index (χ3n) is 4.81. The molecule has 2 aliphatic rings. The third kappa shape index (κ3) is 2.57. The van der Waals surface area contributed by atoms with E-state index < -0.39 is 5.60 Å². The maximum Gasteiger partial charge on any atom is 0.122 e. The molecule has 0 amide bonds. The first kappa shape index (κ1) is 13.9. The quantitative estimate of drug-likeness (QED) is 0.901. The van der Waals surface area contributed by atoms with Crippen LogP contribution in [0.1, 0.15) is 44.2 Å². The molecule has 110 valence electrons. The molecule has 2 heterocycles. The third-order valence-corrected chi connectivity index (χ3v) is 4.81. The molecule has 1 atom stereocenters. The van der Waals surface area contributed by atoms with Crippen LogP contribution in [0.4, 0.5) is 0 Å². The summed E-state index contributed by atoms with van der Waals surface area (Å²) in [6, 6.07) is 6.80. The number of hydrogen-bond donors (Lipinski definition) is 1. The van der Waals surface area contributed by atoms with Crippen molar-refractivity contribution < 1.29 is 9.84 Å². The van der Waals surface area contributed by atoms with E-state index in [4.69, 9.17) is 4.74 Å². The highest BCUT2D eigenvalue weighted by Gasteiger charge is 2.33. The highest BCUT2D eigenvalue weighted by molar-refractivity contribution is 5.41. The van der Waals surface area contributed by atoms with Crippen LogP contribution in [0, 0.1) is 0 Å². The summed E-state index contributed by atoms with van der Waals surface area (Å²) in [7, 11) is 0. The minimum absolute atomic E-state index is 0.561. The molecular weight excluding hydrogens is 250 g/mol. The van der Waals surface area contributed by atoms with Crippen molar-refractivity contribution in [2.24, 2.45) is 0 Å². The van der Waals surface area contributed by atoms with E-state index in [2.05, 4.69) is 30.9 Å². The number of fused-ring (bicyclic) bond motifs is 1. The summed E-state index contributed by atoms with van der Waals surface area (Å²) in [5.74, 6) is 0.995. The normalized spacial score (nSPS) is 27.2. The van der Waals surface area contributed by atoms with Crippen LogP contribution in [-0.2, 0) is 12.0 Å². The largest absolute Gasteiger partial charge is 0.493 e. The van der Waals surface area contributed by atoms with Crippen LogP contribution >= 0.6 is 0 Å². The number of nitrogens with zero attached hydrogens (tertiary/aromatic N) is 1. The van der Waals surface area contributed by atoms with Gasteiger partial charge in [0.15, 0.2) is 0 Å². The van der Waals surface area contributed by atoms with Gasteiger partial charge in [-0.2, -0.15) is 0 Å². The van der Waals surface area contributed by atoms with Crippen molar-refractivity contribution in [1.29, 1.82) is 0 Å². The molecule has 0 spiro atoms. The first-order chi connectivity index (χ1) is 9.58. The predicted molar refractivity (Wildman–Crippen MR) is 80.1 cm³/mol. The van der Waals surface area contributed by atoms with E-state index in [0.29, 0.717) is 6.04 Å². The zero-order valence-corrected chi connectivity index (χ0v) is 12.6. The molecule has 1 fully saturated rings. The predicted octanol–water partition coefficient (Wildman–Crippen LogP) is 2.70. The van der Waals surface area contributed by atoms with E-state index in [1.54, 1.807) is 0 Å². The lowest BCUT2D eigenvalue weighted by molar-refractivity contribution is 0.0203. The van der Waals surface area contributed by atoms with Gasteiger partial charge in [0.05, 0.1) is 12.2 Å². The zero-order valence-electron chi connectivity index (χ0n) is 12.6. The number of rotatable bonds is 2. The van der Waals surface area contributed by atoms with Gasteiger partial charge < -0.3 is 14.7 Å². The van der Waals surface area contributed by atoms with E-state index in [1.165, 1.54) is 5.56 Å². The SMILES string of the molecule is CC(C)N1CCCC(O)(c2ccc3c(c2)CCO3)CC1. The minimum Gasteiger partial charge on any atom is -0.493 e. The Hall–Kier alpha value is -1.06. The van der Waals surface area contributed by atoms with Gasteiger partial charge >= 0.3 is 0 Å². The lowest BCUT2D eigenvalue weighted by Crippen LogP contribution is -2.33. The van der Waals surface area contributed by atoms with E-state index >= 15 is 0 Å². The van der Waals surface area contributed by atoms with Crippen LogP contribution in [0.25, 0.3) is 0 Å². The second-order valence-corrected chi connectivity index (χ2v) is 6.44. The maximum atomic E-state index is 11.1. The second kappa shape index (κ2) is 5.38. The van der Waals surface area contributed by atoms with Gasteiger partial charge in [0.1, 0.15) is 5.75 Å². The summed E-state index contributed by atoms with van der Waals surface area (Å²) in [5.41, 5.74) is 1.66. The molecule has 1 N–H and O–H groups in total. The Balaban J connectivity index is 1.81. The summed E-state index contributed by atoms with van der Waals surface area (Å²) in [6.07, 6.45) is 3.71. The molecule has 3 nitrogen and oxygen atoms in total. The van der Waals surface area contributed by atoms with Crippen molar-refractivity contribution in [3.63, 3.8) is 0 Å². The van der Waals surface area contributed by atoms with Gasteiger partial charge in [-0.15, -0.1) is 0 Å². The van der Waals surface area contributed by atoms with Gasteiger partial charge in [0.2, 0.25) is 0 Å². The Bertz CT molecular complexity index is 486. The van der Waals surface area contributed by atoms with E-state index in [0.717, 1.165) is 56.7 Å². The van der Waals surface area contributed by atoms with Gasteiger partial charge in [-0.1, -0.05) is 6.07 Å². The van der Waals surface area contributed by atoms with Crippen molar-refractivity contribution >= 4 is 0 Å². The molecule has 0 saturated carbocycles. The standard InChI is InChI=1S/C17H25NO2/c1-13(2)18-9-3-7-17(19,8-10-18)15-4-5-16-14(12-15)6-11-20-16/h4-5,12-13,19H,3,6-11H2,1-2H3. The van der Waals surface area contributed by atoms with E-state index in [-0.39, 0.29) is 0 Å². The number of hydrogen-bond acceptors (Lipinski definition) is 3. The molecule has 1 unspecified atom stereocenters. The summed E-state index contributed by atoms with van der Waals surface area (Å²) in [5, 5.41) is 11.1. The molecule has 1 aromatic carbocycles. The molecule has 1 saturated heterocycles. The average molecular weight is 275 g/mol. The average Bonchev–Trinajstić information content (AvgIpc) is 2.80. The molecule has 3 heteroatoms. The number of aliphatic hydroxyl groups is 1. The molecule has 0 bridgehead atoms. The summed E-state index contributed by atoms with van der Waals surface area (Å²) in [6.45, 7) is 7.31. The fourth-order valence-electron chi connectivity index (χ4n) is 3.42. The van der Waals surface area contributed by atoms with Gasteiger partial charge in [0.25, 0.3) is 0 Å². The summed E-state index contributed by atoms with van der Waals surface area (Å²) in [4.78, 5) is 2.47. The Kier molecular flexibility index (Phi) is 3.74. The Labute approximate surface area is 121 Å². The van der Waals surface area contributed by atoms with Crippen molar-refractivity contribution in [3.8, 4) is 5.75 Å². The van der Waals surface area contributed by atoms with Crippen molar-refractivity contribution in [2.45, 2.75) is 51.2 Å². The first-order valence-corrected chi connectivity index (χ1v) is 7.81. The smallest absolute Gasteiger partial charge is 0.122 e. The molecule has 20 heavy (non-hydrogen) atoms. The fraction of sp³-hybridized carbons (Fsp3) is 0.647. The maximum absolute atomic E-state index is 11.1. The topological polar surface area (TPSA) is 32.7 Å². The minimum atomic E-state index is -0.665. The van der Waals surface area contributed by atoms with Crippen molar-refractivity contribution in [1.82, 2.24) is 4.90 Å². The fourth-order valence-corrected chi connectivity index (χ4v) is 3.42. The lowest BCUT2D eigenvalue weighted by Gasteiger charge is -2.29. The van der Waals surface area contributed by atoms with Gasteiger partial charge in [0, 0.05) is 19.0 Å². The van der Waals surface area contributed by atoms with Crippen LogP contribution in [0.2, 0.25) is 0 Å². The van der Waals surface area contributed by atoms with Crippen molar-refractivity contribution in [2.75, 3.05) is 19.7 Å². The summed E-state index contributed by atoms with van der Waals surface area (Å²) < 4.78 is 5.56. The molecule has 0 aromatic heterocycles. The summed E-state index contributed by atoms with van der Waals surface area (Å²) >= 11 is 0. The van der Waals surface area contributed by atoms with Crippen LogP contribution in [-0.4, -0.2) is 35.7 Å². The molecule has 0 radical (unpaired) electrons. The van der Waals surface area contributed by atoms with E-state index in [1.807, 2.05) is 6.07 Å². The van der Waals surface area contributed by atoms with Crippen molar-refractivity contribution in [3.05, 3.63) is 29.3 Å². The molecule has 2 aliphatic heterocycles. The zero-order chi connectivity index (χ0) is 14.2. The number of benzene rings is 1. The molecular formula is C17H25NO2. The van der Waals surface area contributed by atoms with Gasteiger partial charge in [-0.25, -0.2) is 0 Å². The van der Waals surface area contributed by atoms with Gasteiger partial charge in [-0.05, 0) is 62.9 Å². The second-order valence-electron chi connectivity index (χ2n) is 6.44. The highest BCUT2D eigenvalue weighted by atomic mass is 16.5. The van der Waals surface area contributed by atoms with Crippen LogP contribution < -0.4 is 4.74 Å². The van der Waals surface area contributed by atoms with Crippen LogP contribution in [0.3, 0.4) is 0 Å². The highest BCUT2D eigenvalue weighted by Crippen LogP contribution is 2.36. The van der Waals surface area contributed by atoms with Gasteiger partial charge in [-0.3, -0.25) is 0 Å². The first-order valence-electron chi connectivity index (χ1n) is 7.81.